The van der Waals surface area contributed by atoms with Gasteiger partial charge in [-0.3, -0.25) is 4.79 Å². The van der Waals surface area contributed by atoms with E-state index >= 15 is 0 Å². The predicted molar refractivity (Wildman–Crippen MR) is 80.3 cm³/mol. The van der Waals surface area contributed by atoms with Crippen molar-refractivity contribution in [2.75, 3.05) is 5.32 Å². The third-order valence-corrected chi connectivity index (χ3v) is 3.42. The van der Waals surface area contributed by atoms with Gasteiger partial charge in [-0.1, -0.05) is 38.3 Å². The number of hydrogen-bond donors (Lipinski definition) is 2. The van der Waals surface area contributed by atoms with Gasteiger partial charge in [0, 0.05) is 11.6 Å². The molecule has 0 aliphatic rings. The molecule has 4 nitrogen and oxygen atoms in total. The van der Waals surface area contributed by atoms with Crippen LogP contribution in [0.25, 0.3) is 0 Å². The predicted octanol–water partition coefficient (Wildman–Crippen LogP) is 4.19. The maximum Gasteiger partial charge on any atom is 0.337 e. The SMILES string of the molecule is CCCC(CCC)C(=O)Nc1ccc(C(=O)O)c(Cl)c1. The molecule has 0 fully saturated rings. The second kappa shape index (κ2) is 7.90. The standard InChI is InChI=1S/C15H20ClNO3/c1-3-5-10(6-4-2)14(18)17-11-7-8-12(15(19)20)13(16)9-11/h7-10H,3-6H2,1-2H3,(H,17,18)(H,19,20). The number of carboxylic acids is 1. The molecular formula is C15H20ClNO3. The molecule has 0 heterocycles. The highest BCUT2D eigenvalue weighted by Crippen LogP contribution is 2.22. The molecule has 1 aromatic carbocycles. The molecule has 110 valence electrons. The van der Waals surface area contributed by atoms with Crippen molar-refractivity contribution in [2.45, 2.75) is 39.5 Å². The van der Waals surface area contributed by atoms with Crippen LogP contribution in [0.3, 0.4) is 0 Å². The molecule has 0 aromatic heterocycles. The van der Waals surface area contributed by atoms with Crippen molar-refractivity contribution in [1.82, 2.24) is 0 Å². The van der Waals surface area contributed by atoms with Crippen LogP contribution < -0.4 is 5.32 Å². The van der Waals surface area contributed by atoms with Gasteiger partial charge in [-0.2, -0.15) is 0 Å². The lowest BCUT2D eigenvalue weighted by Crippen LogP contribution is -2.22. The summed E-state index contributed by atoms with van der Waals surface area (Å²) < 4.78 is 0. The summed E-state index contributed by atoms with van der Waals surface area (Å²) in [4.78, 5) is 23.0. The number of carbonyl (C=O) groups excluding carboxylic acids is 1. The Labute approximate surface area is 124 Å². The van der Waals surface area contributed by atoms with Gasteiger partial charge in [0.25, 0.3) is 0 Å². The summed E-state index contributed by atoms with van der Waals surface area (Å²) in [5.41, 5.74) is 0.561. The van der Waals surface area contributed by atoms with Gasteiger partial charge in [0.1, 0.15) is 0 Å². The fraction of sp³-hybridized carbons (Fsp3) is 0.467. The zero-order valence-corrected chi connectivity index (χ0v) is 12.5. The maximum atomic E-state index is 12.2. The number of hydrogen-bond acceptors (Lipinski definition) is 2. The van der Waals surface area contributed by atoms with Crippen molar-refractivity contribution in [3.8, 4) is 0 Å². The molecule has 0 spiro atoms. The second-order valence-electron chi connectivity index (χ2n) is 4.76. The van der Waals surface area contributed by atoms with E-state index < -0.39 is 5.97 Å². The van der Waals surface area contributed by atoms with Crippen molar-refractivity contribution in [3.63, 3.8) is 0 Å². The average molecular weight is 298 g/mol. The summed E-state index contributed by atoms with van der Waals surface area (Å²) in [6.45, 7) is 4.10. The van der Waals surface area contributed by atoms with Crippen molar-refractivity contribution < 1.29 is 14.7 Å². The van der Waals surface area contributed by atoms with Crippen LogP contribution in [0.4, 0.5) is 5.69 Å². The van der Waals surface area contributed by atoms with Crippen molar-refractivity contribution in [1.29, 1.82) is 0 Å². The Morgan fingerprint density at radius 3 is 2.30 bits per heavy atom. The Bertz CT molecular complexity index is 482. The Kier molecular flexibility index (Phi) is 6.52. The van der Waals surface area contributed by atoms with E-state index in [1.165, 1.54) is 12.1 Å². The third-order valence-electron chi connectivity index (χ3n) is 3.11. The molecule has 20 heavy (non-hydrogen) atoms. The number of carbonyl (C=O) groups is 2. The molecular weight excluding hydrogens is 278 g/mol. The van der Waals surface area contributed by atoms with Crippen LogP contribution in [0.1, 0.15) is 49.9 Å². The number of amides is 1. The topological polar surface area (TPSA) is 66.4 Å². The van der Waals surface area contributed by atoms with Crippen molar-refractivity contribution in [3.05, 3.63) is 28.8 Å². The molecule has 5 heteroatoms. The Balaban J connectivity index is 2.79. The molecule has 1 amide bonds. The van der Waals surface area contributed by atoms with Gasteiger partial charge in [-0.25, -0.2) is 4.79 Å². The lowest BCUT2D eigenvalue weighted by molar-refractivity contribution is -0.120. The van der Waals surface area contributed by atoms with E-state index in [1.807, 2.05) is 0 Å². The zero-order valence-electron chi connectivity index (χ0n) is 11.8. The normalized spacial score (nSPS) is 10.6. The lowest BCUT2D eigenvalue weighted by Gasteiger charge is -2.15. The third kappa shape index (κ3) is 4.53. The van der Waals surface area contributed by atoms with E-state index in [0.717, 1.165) is 25.7 Å². The first-order valence-corrected chi connectivity index (χ1v) is 7.21. The highest BCUT2D eigenvalue weighted by Gasteiger charge is 2.17. The van der Waals surface area contributed by atoms with Crippen molar-refractivity contribution >= 4 is 29.2 Å². The zero-order chi connectivity index (χ0) is 15.1. The summed E-state index contributed by atoms with van der Waals surface area (Å²) in [7, 11) is 0. The smallest absolute Gasteiger partial charge is 0.337 e. The molecule has 0 unspecified atom stereocenters. The number of halogens is 1. The first-order chi connectivity index (χ1) is 9.49. The number of anilines is 1. The Hall–Kier alpha value is -1.55. The quantitative estimate of drug-likeness (QED) is 0.793. The highest BCUT2D eigenvalue weighted by atomic mass is 35.5. The highest BCUT2D eigenvalue weighted by molar-refractivity contribution is 6.33. The van der Waals surface area contributed by atoms with Crippen LogP contribution in [-0.2, 0) is 4.79 Å². The largest absolute Gasteiger partial charge is 0.478 e. The lowest BCUT2D eigenvalue weighted by atomic mass is 9.97. The van der Waals surface area contributed by atoms with Crippen LogP contribution in [0.2, 0.25) is 5.02 Å². The summed E-state index contributed by atoms with van der Waals surface area (Å²) >= 11 is 5.88. The molecule has 2 N–H and O–H groups in total. The fourth-order valence-corrected chi connectivity index (χ4v) is 2.38. The van der Waals surface area contributed by atoms with Gasteiger partial charge in [0.2, 0.25) is 5.91 Å². The molecule has 0 saturated heterocycles. The monoisotopic (exact) mass is 297 g/mol. The van der Waals surface area contributed by atoms with E-state index in [-0.39, 0.29) is 22.4 Å². The minimum atomic E-state index is -1.08. The van der Waals surface area contributed by atoms with Gasteiger partial charge >= 0.3 is 5.97 Å². The number of aromatic carboxylic acids is 1. The van der Waals surface area contributed by atoms with Crippen LogP contribution in [-0.4, -0.2) is 17.0 Å². The first-order valence-electron chi connectivity index (χ1n) is 6.83. The van der Waals surface area contributed by atoms with Gasteiger partial charge in [-0.15, -0.1) is 0 Å². The van der Waals surface area contributed by atoms with E-state index in [9.17, 15) is 9.59 Å². The second-order valence-corrected chi connectivity index (χ2v) is 5.17. The van der Waals surface area contributed by atoms with Crippen LogP contribution >= 0.6 is 11.6 Å². The van der Waals surface area contributed by atoms with Crippen LogP contribution in [0.15, 0.2) is 18.2 Å². The number of carboxylic acid groups (broad SMARTS) is 1. The Morgan fingerprint density at radius 1 is 1.25 bits per heavy atom. The van der Waals surface area contributed by atoms with Crippen LogP contribution in [0.5, 0.6) is 0 Å². The minimum Gasteiger partial charge on any atom is -0.478 e. The average Bonchev–Trinajstić information content (AvgIpc) is 2.38. The molecule has 0 saturated carbocycles. The molecule has 0 radical (unpaired) electrons. The van der Waals surface area contributed by atoms with Gasteiger partial charge < -0.3 is 10.4 Å². The minimum absolute atomic E-state index is 0.0112. The number of benzene rings is 1. The van der Waals surface area contributed by atoms with E-state index in [1.54, 1.807) is 6.07 Å². The van der Waals surface area contributed by atoms with Gasteiger partial charge in [-0.05, 0) is 31.0 Å². The van der Waals surface area contributed by atoms with Crippen molar-refractivity contribution in [2.24, 2.45) is 5.92 Å². The molecule has 0 aliphatic heterocycles. The maximum absolute atomic E-state index is 12.2. The summed E-state index contributed by atoms with van der Waals surface area (Å²) in [6.07, 6.45) is 3.61. The van der Waals surface area contributed by atoms with E-state index in [2.05, 4.69) is 19.2 Å². The van der Waals surface area contributed by atoms with Gasteiger partial charge in [0.05, 0.1) is 10.6 Å². The van der Waals surface area contributed by atoms with Crippen LogP contribution in [0, 0.1) is 5.92 Å². The fourth-order valence-electron chi connectivity index (χ4n) is 2.11. The number of nitrogens with one attached hydrogen (secondary N) is 1. The summed E-state index contributed by atoms with van der Waals surface area (Å²) in [5.74, 6) is -1.13. The van der Waals surface area contributed by atoms with E-state index in [0.29, 0.717) is 5.69 Å². The molecule has 1 aromatic rings. The molecule has 0 aliphatic carbocycles. The molecule has 0 atom stereocenters. The summed E-state index contributed by atoms with van der Waals surface area (Å²) in [6, 6.07) is 4.43. The first kappa shape index (κ1) is 16.5. The number of rotatable bonds is 7. The molecule has 1 rings (SSSR count). The van der Waals surface area contributed by atoms with Gasteiger partial charge in [0.15, 0.2) is 0 Å². The molecule has 0 bridgehead atoms. The Morgan fingerprint density at radius 2 is 1.85 bits per heavy atom. The van der Waals surface area contributed by atoms with E-state index in [4.69, 9.17) is 16.7 Å². The summed E-state index contributed by atoms with van der Waals surface area (Å²) in [5, 5.41) is 11.8.